The SMILES string of the molecule is CC(N)c1ccc(NC(=O)N2CCC(C)(C)C2)cc1. The molecule has 0 radical (unpaired) electrons. The molecule has 1 aromatic carbocycles. The van der Waals surface area contributed by atoms with E-state index in [-0.39, 0.29) is 17.5 Å². The van der Waals surface area contributed by atoms with E-state index in [0.29, 0.717) is 0 Å². The van der Waals surface area contributed by atoms with E-state index in [1.807, 2.05) is 36.1 Å². The Hall–Kier alpha value is -1.55. The lowest BCUT2D eigenvalue weighted by Gasteiger charge is -2.20. The number of hydrogen-bond acceptors (Lipinski definition) is 2. The molecular formula is C15H23N3O. The van der Waals surface area contributed by atoms with E-state index in [9.17, 15) is 4.79 Å². The topological polar surface area (TPSA) is 58.4 Å². The van der Waals surface area contributed by atoms with Crippen LogP contribution in [0, 0.1) is 5.41 Å². The molecule has 4 nitrogen and oxygen atoms in total. The highest BCUT2D eigenvalue weighted by Gasteiger charge is 2.31. The lowest BCUT2D eigenvalue weighted by atomic mass is 9.93. The highest BCUT2D eigenvalue weighted by Crippen LogP contribution is 2.29. The van der Waals surface area contributed by atoms with Crippen molar-refractivity contribution in [2.75, 3.05) is 18.4 Å². The quantitative estimate of drug-likeness (QED) is 0.860. The second-order valence-electron chi connectivity index (χ2n) is 6.18. The minimum absolute atomic E-state index is 0.0147. The summed E-state index contributed by atoms with van der Waals surface area (Å²) in [4.78, 5) is 14.0. The molecule has 0 spiro atoms. The van der Waals surface area contributed by atoms with Gasteiger partial charge < -0.3 is 16.0 Å². The standard InChI is InChI=1S/C15H23N3O/c1-11(16)12-4-6-13(7-5-12)17-14(19)18-9-8-15(2,3)10-18/h4-7,11H,8-10,16H2,1-3H3,(H,17,19). The molecule has 2 amide bonds. The van der Waals surface area contributed by atoms with Gasteiger partial charge in [-0.15, -0.1) is 0 Å². The second kappa shape index (κ2) is 5.21. The highest BCUT2D eigenvalue weighted by molar-refractivity contribution is 5.89. The summed E-state index contributed by atoms with van der Waals surface area (Å²) in [6.45, 7) is 7.98. The van der Waals surface area contributed by atoms with Gasteiger partial charge in [0.05, 0.1) is 0 Å². The summed E-state index contributed by atoms with van der Waals surface area (Å²) >= 11 is 0. The highest BCUT2D eigenvalue weighted by atomic mass is 16.2. The summed E-state index contributed by atoms with van der Waals surface area (Å²) < 4.78 is 0. The molecule has 2 rings (SSSR count). The van der Waals surface area contributed by atoms with Crippen LogP contribution < -0.4 is 11.1 Å². The fraction of sp³-hybridized carbons (Fsp3) is 0.533. The van der Waals surface area contributed by atoms with Crippen LogP contribution in [-0.4, -0.2) is 24.0 Å². The van der Waals surface area contributed by atoms with Crippen molar-refractivity contribution in [1.29, 1.82) is 0 Å². The maximum Gasteiger partial charge on any atom is 0.321 e. The maximum atomic E-state index is 12.1. The van der Waals surface area contributed by atoms with Gasteiger partial charge in [0, 0.05) is 24.8 Å². The number of anilines is 1. The molecule has 1 atom stereocenters. The van der Waals surface area contributed by atoms with Gasteiger partial charge in [-0.05, 0) is 36.5 Å². The van der Waals surface area contributed by atoms with Crippen LogP contribution in [0.15, 0.2) is 24.3 Å². The van der Waals surface area contributed by atoms with Crippen molar-refractivity contribution in [3.8, 4) is 0 Å². The molecule has 1 aliphatic rings. The van der Waals surface area contributed by atoms with Crippen LogP contribution >= 0.6 is 0 Å². The normalized spacial score (nSPS) is 19.3. The van der Waals surface area contributed by atoms with Crippen molar-refractivity contribution in [2.24, 2.45) is 11.1 Å². The zero-order valence-electron chi connectivity index (χ0n) is 11.9. The van der Waals surface area contributed by atoms with Gasteiger partial charge in [0.25, 0.3) is 0 Å². The van der Waals surface area contributed by atoms with Crippen LogP contribution in [0.5, 0.6) is 0 Å². The zero-order valence-corrected chi connectivity index (χ0v) is 11.9. The first-order valence-corrected chi connectivity index (χ1v) is 6.79. The zero-order chi connectivity index (χ0) is 14.0. The molecule has 1 aliphatic heterocycles. The van der Waals surface area contributed by atoms with E-state index < -0.39 is 0 Å². The Balaban J connectivity index is 1.96. The Morgan fingerprint density at radius 3 is 2.47 bits per heavy atom. The van der Waals surface area contributed by atoms with E-state index >= 15 is 0 Å². The van der Waals surface area contributed by atoms with E-state index in [2.05, 4.69) is 19.2 Å². The molecule has 0 saturated carbocycles. The number of benzene rings is 1. The molecule has 0 aromatic heterocycles. The summed E-state index contributed by atoms with van der Waals surface area (Å²) in [6.07, 6.45) is 1.06. The number of nitrogens with two attached hydrogens (primary N) is 1. The predicted molar refractivity (Wildman–Crippen MR) is 78.0 cm³/mol. The van der Waals surface area contributed by atoms with Crippen molar-refractivity contribution >= 4 is 11.7 Å². The number of nitrogens with one attached hydrogen (secondary N) is 1. The van der Waals surface area contributed by atoms with Gasteiger partial charge in [0.15, 0.2) is 0 Å². The average Bonchev–Trinajstić information content (AvgIpc) is 2.70. The summed E-state index contributed by atoms with van der Waals surface area (Å²) in [5.74, 6) is 0. The van der Waals surface area contributed by atoms with Gasteiger partial charge in [-0.3, -0.25) is 0 Å². The molecule has 3 N–H and O–H groups in total. The Morgan fingerprint density at radius 2 is 2.00 bits per heavy atom. The number of carbonyl (C=O) groups is 1. The summed E-state index contributed by atoms with van der Waals surface area (Å²) in [6, 6.07) is 7.71. The molecule has 1 fully saturated rings. The predicted octanol–water partition coefficient (Wildman–Crippen LogP) is 2.97. The monoisotopic (exact) mass is 261 g/mol. The van der Waals surface area contributed by atoms with Crippen LogP contribution in [0.2, 0.25) is 0 Å². The summed E-state index contributed by atoms with van der Waals surface area (Å²) in [5, 5.41) is 2.93. The molecule has 1 saturated heterocycles. The first kappa shape index (κ1) is 13.9. The van der Waals surface area contributed by atoms with Crippen molar-refractivity contribution in [3.63, 3.8) is 0 Å². The minimum Gasteiger partial charge on any atom is -0.324 e. The third kappa shape index (κ3) is 3.47. The van der Waals surface area contributed by atoms with Crippen molar-refractivity contribution < 1.29 is 4.79 Å². The van der Waals surface area contributed by atoms with Crippen LogP contribution in [0.25, 0.3) is 0 Å². The van der Waals surface area contributed by atoms with Gasteiger partial charge in [-0.1, -0.05) is 26.0 Å². The Bertz CT molecular complexity index is 451. The van der Waals surface area contributed by atoms with E-state index in [1.165, 1.54) is 0 Å². The smallest absolute Gasteiger partial charge is 0.321 e. The van der Waals surface area contributed by atoms with E-state index in [4.69, 9.17) is 5.73 Å². The van der Waals surface area contributed by atoms with E-state index in [1.54, 1.807) is 0 Å². The molecule has 104 valence electrons. The van der Waals surface area contributed by atoms with Gasteiger partial charge in [-0.2, -0.15) is 0 Å². The Kier molecular flexibility index (Phi) is 3.80. The average molecular weight is 261 g/mol. The third-order valence-electron chi connectivity index (χ3n) is 3.65. The molecule has 4 heteroatoms. The lowest BCUT2D eigenvalue weighted by molar-refractivity contribution is 0.217. The second-order valence-corrected chi connectivity index (χ2v) is 6.18. The number of nitrogens with zero attached hydrogens (tertiary/aromatic N) is 1. The Labute approximate surface area is 115 Å². The first-order chi connectivity index (χ1) is 8.87. The van der Waals surface area contributed by atoms with Gasteiger partial charge in [0.1, 0.15) is 0 Å². The van der Waals surface area contributed by atoms with Crippen LogP contribution in [-0.2, 0) is 0 Å². The lowest BCUT2D eigenvalue weighted by Crippen LogP contribution is -2.34. The number of carbonyl (C=O) groups excluding carboxylic acids is 1. The molecule has 1 unspecified atom stereocenters. The first-order valence-electron chi connectivity index (χ1n) is 6.79. The summed E-state index contributed by atoms with van der Waals surface area (Å²) in [7, 11) is 0. The fourth-order valence-corrected chi connectivity index (χ4v) is 2.36. The third-order valence-corrected chi connectivity index (χ3v) is 3.65. The van der Waals surface area contributed by atoms with Gasteiger partial charge in [0.2, 0.25) is 0 Å². The van der Waals surface area contributed by atoms with Crippen molar-refractivity contribution in [1.82, 2.24) is 4.90 Å². The molecular weight excluding hydrogens is 238 g/mol. The molecule has 1 aromatic rings. The largest absolute Gasteiger partial charge is 0.324 e. The number of urea groups is 1. The summed E-state index contributed by atoms with van der Waals surface area (Å²) in [5.41, 5.74) is 7.92. The van der Waals surface area contributed by atoms with Crippen LogP contribution in [0.4, 0.5) is 10.5 Å². The Morgan fingerprint density at radius 1 is 1.37 bits per heavy atom. The minimum atomic E-state index is -0.0147. The fourth-order valence-electron chi connectivity index (χ4n) is 2.36. The molecule has 19 heavy (non-hydrogen) atoms. The van der Waals surface area contributed by atoms with Crippen molar-refractivity contribution in [2.45, 2.75) is 33.2 Å². The van der Waals surface area contributed by atoms with Gasteiger partial charge in [-0.25, -0.2) is 4.79 Å². The number of rotatable bonds is 2. The van der Waals surface area contributed by atoms with Crippen LogP contribution in [0.1, 0.15) is 38.8 Å². The number of likely N-dealkylation sites (tertiary alicyclic amines) is 1. The van der Waals surface area contributed by atoms with Crippen LogP contribution in [0.3, 0.4) is 0 Å². The van der Waals surface area contributed by atoms with Crippen molar-refractivity contribution in [3.05, 3.63) is 29.8 Å². The van der Waals surface area contributed by atoms with Gasteiger partial charge >= 0.3 is 6.03 Å². The molecule has 1 heterocycles. The molecule has 0 bridgehead atoms. The number of hydrogen-bond donors (Lipinski definition) is 2. The number of amides is 2. The van der Waals surface area contributed by atoms with E-state index in [0.717, 1.165) is 30.8 Å². The molecule has 0 aliphatic carbocycles. The maximum absolute atomic E-state index is 12.1.